The fourth-order valence-electron chi connectivity index (χ4n) is 2.21. The molecule has 0 atom stereocenters. The van der Waals surface area contributed by atoms with Crippen LogP contribution in [0.4, 0.5) is 0 Å². The van der Waals surface area contributed by atoms with Gasteiger partial charge < -0.3 is 9.47 Å². The average molecular weight is 284 g/mol. The molecule has 0 aromatic heterocycles. The summed E-state index contributed by atoms with van der Waals surface area (Å²) in [6.07, 6.45) is 0. The Kier molecular flexibility index (Phi) is 4.99. The highest BCUT2D eigenvalue weighted by atomic mass is 16.5. The number of benzene rings is 2. The third-order valence-corrected chi connectivity index (χ3v) is 3.07. The van der Waals surface area contributed by atoms with Gasteiger partial charge in [0, 0.05) is 0 Å². The van der Waals surface area contributed by atoms with E-state index < -0.39 is 0 Å². The molecule has 0 fully saturated rings. The summed E-state index contributed by atoms with van der Waals surface area (Å²) in [5.41, 5.74) is 2.95. The highest BCUT2D eigenvalue weighted by molar-refractivity contribution is 5.96. The number of aryl methyl sites for hydroxylation is 2. The predicted octanol–water partition coefficient (Wildman–Crippen LogP) is 3.96. The highest BCUT2D eigenvalue weighted by Crippen LogP contribution is 2.19. The number of Topliss-reactive ketones (excluding diaryl/α,β-unsaturated/α-hetero) is 1. The average Bonchev–Trinajstić information content (AvgIpc) is 2.43. The molecule has 0 aliphatic heterocycles. The Bertz CT molecular complexity index is 612. The molecule has 2 rings (SSSR count). The normalized spacial score (nSPS) is 10.2. The minimum Gasteiger partial charge on any atom is -0.490 e. The molecule has 21 heavy (non-hydrogen) atoms. The van der Waals surface area contributed by atoms with E-state index in [2.05, 4.69) is 6.07 Å². The molecule has 0 unspecified atom stereocenters. The topological polar surface area (TPSA) is 35.5 Å². The molecule has 0 N–H and O–H groups in total. The van der Waals surface area contributed by atoms with Gasteiger partial charge in [-0.25, -0.2) is 0 Å². The molecule has 0 saturated carbocycles. The SMILES string of the molecule is CC(=O)c1ccccc1OCCOc1cc(C)cc(C)c1. The molecule has 0 spiro atoms. The van der Waals surface area contributed by atoms with E-state index in [0.29, 0.717) is 24.5 Å². The van der Waals surface area contributed by atoms with Gasteiger partial charge in [0.15, 0.2) is 5.78 Å². The van der Waals surface area contributed by atoms with E-state index in [1.54, 1.807) is 12.1 Å². The van der Waals surface area contributed by atoms with Crippen LogP contribution in [0.2, 0.25) is 0 Å². The van der Waals surface area contributed by atoms with Crippen molar-refractivity contribution < 1.29 is 14.3 Å². The lowest BCUT2D eigenvalue weighted by Gasteiger charge is -2.11. The minimum atomic E-state index is 0.000766. The van der Waals surface area contributed by atoms with Gasteiger partial charge >= 0.3 is 0 Å². The molecular formula is C18H20O3. The van der Waals surface area contributed by atoms with Crippen molar-refractivity contribution in [3.05, 3.63) is 59.2 Å². The number of para-hydroxylation sites is 1. The van der Waals surface area contributed by atoms with Gasteiger partial charge in [-0.2, -0.15) is 0 Å². The largest absolute Gasteiger partial charge is 0.490 e. The molecule has 0 bridgehead atoms. The lowest BCUT2D eigenvalue weighted by atomic mass is 10.1. The van der Waals surface area contributed by atoms with Crippen molar-refractivity contribution in [1.29, 1.82) is 0 Å². The Balaban J connectivity index is 1.89. The van der Waals surface area contributed by atoms with Gasteiger partial charge in [-0.1, -0.05) is 18.2 Å². The van der Waals surface area contributed by atoms with E-state index >= 15 is 0 Å². The molecule has 110 valence electrons. The second kappa shape index (κ2) is 6.93. The highest BCUT2D eigenvalue weighted by Gasteiger charge is 2.07. The molecule has 3 nitrogen and oxygen atoms in total. The van der Waals surface area contributed by atoms with Gasteiger partial charge in [-0.3, -0.25) is 4.79 Å². The predicted molar refractivity (Wildman–Crippen MR) is 83.4 cm³/mol. The Morgan fingerprint density at radius 1 is 0.952 bits per heavy atom. The number of hydrogen-bond donors (Lipinski definition) is 0. The van der Waals surface area contributed by atoms with Crippen LogP contribution >= 0.6 is 0 Å². The molecule has 3 heteroatoms. The van der Waals surface area contributed by atoms with Crippen LogP contribution in [0, 0.1) is 13.8 Å². The zero-order valence-corrected chi connectivity index (χ0v) is 12.7. The fraction of sp³-hybridized carbons (Fsp3) is 0.278. The van der Waals surface area contributed by atoms with Crippen LogP contribution < -0.4 is 9.47 Å². The monoisotopic (exact) mass is 284 g/mol. The van der Waals surface area contributed by atoms with Crippen LogP contribution in [0.1, 0.15) is 28.4 Å². The van der Waals surface area contributed by atoms with Crippen molar-refractivity contribution in [2.24, 2.45) is 0 Å². The van der Waals surface area contributed by atoms with E-state index in [9.17, 15) is 4.79 Å². The maximum absolute atomic E-state index is 11.5. The number of rotatable bonds is 6. The number of ketones is 1. The third-order valence-electron chi connectivity index (χ3n) is 3.07. The maximum Gasteiger partial charge on any atom is 0.163 e. The van der Waals surface area contributed by atoms with E-state index in [1.807, 2.05) is 38.1 Å². The molecule has 0 amide bonds. The molecule has 0 aliphatic carbocycles. The minimum absolute atomic E-state index is 0.000766. The van der Waals surface area contributed by atoms with Crippen molar-refractivity contribution in [3.63, 3.8) is 0 Å². The van der Waals surface area contributed by atoms with Crippen LogP contribution in [0.25, 0.3) is 0 Å². The van der Waals surface area contributed by atoms with Crippen molar-refractivity contribution in [1.82, 2.24) is 0 Å². The Morgan fingerprint density at radius 2 is 1.57 bits per heavy atom. The van der Waals surface area contributed by atoms with Gasteiger partial charge in [0.05, 0.1) is 5.56 Å². The summed E-state index contributed by atoms with van der Waals surface area (Å²) < 4.78 is 11.3. The molecule has 2 aromatic rings. The first-order chi connectivity index (χ1) is 10.1. The smallest absolute Gasteiger partial charge is 0.163 e. The van der Waals surface area contributed by atoms with Crippen molar-refractivity contribution in [2.45, 2.75) is 20.8 Å². The first-order valence-electron chi connectivity index (χ1n) is 7.00. The zero-order valence-electron chi connectivity index (χ0n) is 12.7. The number of carbonyl (C=O) groups excluding carboxylic acids is 1. The van der Waals surface area contributed by atoms with Gasteiger partial charge in [0.25, 0.3) is 0 Å². The van der Waals surface area contributed by atoms with Crippen molar-refractivity contribution in [2.75, 3.05) is 13.2 Å². The van der Waals surface area contributed by atoms with E-state index in [0.717, 1.165) is 5.75 Å². The second-order valence-corrected chi connectivity index (χ2v) is 5.07. The Hall–Kier alpha value is -2.29. The molecule has 0 saturated heterocycles. The third kappa shape index (κ3) is 4.35. The summed E-state index contributed by atoms with van der Waals surface area (Å²) >= 11 is 0. The summed E-state index contributed by atoms with van der Waals surface area (Å²) in [5, 5.41) is 0. The summed E-state index contributed by atoms with van der Waals surface area (Å²) in [6, 6.07) is 13.3. The zero-order chi connectivity index (χ0) is 15.2. The number of ether oxygens (including phenoxy) is 2. The molecule has 0 radical (unpaired) electrons. The summed E-state index contributed by atoms with van der Waals surface area (Å²) in [5.74, 6) is 1.45. The van der Waals surface area contributed by atoms with E-state index in [1.165, 1.54) is 18.1 Å². The quantitative estimate of drug-likeness (QED) is 0.595. The van der Waals surface area contributed by atoms with Gasteiger partial charge in [-0.05, 0) is 56.2 Å². The summed E-state index contributed by atoms with van der Waals surface area (Å²) in [7, 11) is 0. The van der Waals surface area contributed by atoms with Gasteiger partial charge in [0.2, 0.25) is 0 Å². The summed E-state index contributed by atoms with van der Waals surface area (Å²) in [6.45, 7) is 6.46. The van der Waals surface area contributed by atoms with Gasteiger partial charge in [0.1, 0.15) is 24.7 Å². The van der Waals surface area contributed by atoms with E-state index in [4.69, 9.17) is 9.47 Å². The molecule has 0 heterocycles. The number of hydrogen-bond acceptors (Lipinski definition) is 3. The standard InChI is InChI=1S/C18H20O3/c1-13-10-14(2)12-16(11-13)20-8-9-21-18-7-5-4-6-17(18)15(3)19/h4-7,10-12H,8-9H2,1-3H3. The van der Waals surface area contributed by atoms with E-state index in [-0.39, 0.29) is 5.78 Å². The number of carbonyl (C=O) groups is 1. The maximum atomic E-state index is 11.5. The lowest BCUT2D eigenvalue weighted by Crippen LogP contribution is -2.10. The second-order valence-electron chi connectivity index (χ2n) is 5.07. The van der Waals surface area contributed by atoms with Crippen LogP contribution in [0.3, 0.4) is 0 Å². The van der Waals surface area contributed by atoms with Gasteiger partial charge in [-0.15, -0.1) is 0 Å². The first kappa shape index (κ1) is 15.1. The van der Waals surface area contributed by atoms with Crippen LogP contribution in [-0.4, -0.2) is 19.0 Å². The van der Waals surface area contributed by atoms with Crippen LogP contribution in [0.5, 0.6) is 11.5 Å². The van der Waals surface area contributed by atoms with Crippen molar-refractivity contribution in [3.8, 4) is 11.5 Å². The fourth-order valence-corrected chi connectivity index (χ4v) is 2.21. The molecular weight excluding hydrogens is 264 g/mol. The van der Waals surface area contributed by atoms with Crippen molar-refractivity contribution >= 4 is 5.78 Å². The molecule has 0 aliphatic rings. The molecule has 2 aromatic carbocycles. The van der Waals surface area contributed by atoms with Crippen LogP contribution in [-0.2, 0) is 0 Å². The Morgan fingerprint density at radius 3 is 2.24 bits per heavy atom. The van der Waals surface area contributed by atoms with Crippen LogP contribution in [0.15, 0.2) is 42.5 Å². The summed E-state index contributed by atoms with van der Waals surface area (Å²) in [4.78, 5) is 11.5. The Labute approximate surface area is 125 Å². The lowest BCUT2D eigenvalue weighted by molar-refractivity contribution is 0.101. The first-order valence-corrected chi connectivity index (χ1v) is 7.00.